The molecule has 4 nitrogen and oxygen atoms in total. The number of carbonyl (C=O) groups is 1. The minimum absolute atomic E-state index is 0.132. The van der Waals surface area contributed by atoms with E-state index in [2.05, 4.69) is 14.9 Å². The van der Waals surface area contributed by atoms with Crippen molar-refractivity contribution in [1.29, 1.82) is 0 Å². The van der Waals surface area contributed by atoms with Crippen molar-refractivity contribution in [1.82, 2.24) is 14.9 Å². The van der Waals surface area contributed by atoms with Gasteiger partial charge in [-0.25, -0.2) is 8.78 Å². The number of nitrogens with zero attached hydrogens (tertiary/aromatic N) is 2. The normalized spacial score (nSPS) is 10.3. The van der Waals surface area contributed by atoms with E-state index in [4.69, 9.17) is 0 Å². The standard InChI is InChI=1S/C5H5F2N3OS/c1-8-5(11)3-2(4(6)7)9-10-12-3/h4H,1H3,(H,8,11). The molecule has 0 aliphatic rings. The molecule has 12 heavy (non-hydrogen) atoms. The third-order valence-corrected chi connectivity index (χ3v) is 1.89. The summed E-state index contributed by atoms with van der Waals surface area (Å²) in [5, 5.41) is 5.36. The Balaban J connectivity index is 2.99. The fourth-order valence-electron chi connectivity index (χ4n) is 0.611. The lowest BCUT2D eigenvalue weighted by molar-refractivity contribution is 0.0952. The molecule has 1 aromatic heterocycles. The number of nitrogens with one attached hydrogen (secondary N) is 1. The van der Waals surface area contributed by atoms with Crippen molar-refractivity contribution >= 4 is 17.4 Å². The van der Waals surface area contributed by atoms with Crippen LogP contribution in [0.5, 0.6) is 0 Å². The second-order valence-corrected chi connectivity index (χ2v) is 2.62. The molecule has 1 rings (SSSR count). The van der Waals surface area contributed by atoms with E-state index in [1.54, 1.807) is 0 Å². The maximum absolute atomic E-state index is 12.1. The van der Waals surface area contributed by atoms with Crippen LogP contribution in [0.3, 0.4) is 0 Å². The van der Waals surface area contributed by atoms with Crippen molar-refractivity contribution in [3.8, 4) is 0 Å². The molecule has 0 aliphatic carbocycles. The van der Waals surface area contributed by atoms with Gasteiger partial charge in [-0.15, -0.1) is 5.10 Å². The molecular weight excluding hydrogens is 188 g/mol. The highest BCUT2D eigenvalue weighted by molar-refractivity contribution is 7.08. The summed E-state index contributed by atoms with van der Waals surface area (Å²) in [6, 6.07) is 0. The van der Waals surface area contributed by atoms with Gasteiger partial charge in [-0.2, -0.15) is 0 Å². The highest BCUT2D eigenvalue weighted by Gasteiger charge is 2.22. The molecular formula is C5H5F2N3OS. The molecule has 0 aliphatic heterocycles. The maximum Gasteiger partial charge on any atom is 0.283 e. The topological polar surface area (TPSA) is 54.9 Å². The number of carbonyl (C=O) groups excluding carboxylic acids is 1. The molecule has 0 aromatic carbocycles. The maximum atomic E-state index is 12.1. The van der Waals surface area contributed by atoms with Crippen LogP contribution in [0.25, 0.3) is 0 Å². The lowest BCUT2D eigenvalue weighted by Crippen LogP contribution is -2.18. The summed E-state index contributed by atoms with van der Waals surface area (Å²) in [5.41, 5.74) is -0.556. The molecule has 1 heterocycles. The summed E-state index contributed by atoms with van der Waals surface area (Å²) in [4.78, 5) is 10.8. The molecule has 0 atom stereocenters. The molecule has 0 radical (unpaired) electrons. The fraction of sp³-hybridized carbons (Fsp3) is 0.400. The highest BCUT2D eigenvalue weighted by atomic mass is 32.1. The number of rotatable bonds is 2. The van der Waals surface area contributed by atoms with E-state index in [-0.39, 0.29) is 4.88 Å². The third kappa shape index (κ3) is 1.55. The van der Waals surface area contributed by atoms with Crippen LogP contribution in [-0.4, -0.2) is 22.5 Å². The van der Waals surface area contributed by atoms with E-state index >= 15 is 0 Å². The van der Waals surface area contributed by atoms with Gasteiger partial charge in [-0.3, -0.25) is 4.79 Å². The Kier molecular flexibility index (Phi) is 2.64. The first-order valence-electron chi connectivity index (χ1n) is 2.99. The predicted molar refractivity (Wildman–Crippen MR) is 38.3 cm³/mol. The number of amides is 1. The van der Waals surface area contributed by atoms with Gasteiger partial charge in [0.25, 0.3) is 12.3 Å². The Labute approximate surface area is 70.8 Å². The summed E-state index contributed by atoms with van der Waals surface area (Å²) in [6.07, 6.45) is -2.75. The summed E-state index contributed by atoms with van der Waals surface area (Å²) in [6.45, 7) is 0. The monoisotopic (exact) mass is 193 g/mol. The summed E-state index contributed by atoms with van der Waals surface area (Å²) < 4.78 is 27.4. The van der Waals surface area contributed by atoms with Crippen molar-refractivity contribution in [3.05, 3.63) is 10.6 Å². The van der Waals surface area contributed by atoms with Gasteiger partial charge in [0.1, 0.15) is 4.88 Å². The van der Waals surface area contributed by atoms with Crippen LogP contribution in [0, 0.1) is 0 Å². The van der Waals surface area contributed by atoms with Crippen LogP contribution in [0.4, 0.5) is 8.78 Å². The quantitative estimate of drug-likeness (QED) is 0.757. The van der Waals surface area contributed by atoms with Gasteiger partial charge < -0.3 is 5.32 Å². The van der Waals surface area contributed by atoms with Gasteiger partial charge in [0.05, 0.1) is 0 Å². The van der Waals surface area contributed by atoms with Crippen molar-refractivity contribution < 1.29 is 13.6 Å². The van der Waals surface area contributed by atoms with Crippen LogP contribution in [0.15, 0.2) is 0 Å². The Morgan fingerprint density at radius 1 is 1.67 bits per heavy atom. The first-order chi connectivity index (χ1) is 5.66. The van der Waals surface area contributed by atoms with Crippen LogP contribution in [0.2, 0.25) is 0 Å². The molecule has 0 bridgehead atoms. The zero-order valence-electron chi connectivity index (χ0n) is 6.04. The lowest BCUT2D eigenvalue weighted by atomic mass is 10.3. The highest BCUT2D eigenvalue weighted by Crippen LogP contribution is 2.22. The number of hydrogen-bond acceptors (Lipinski definition) is 4. The van der Waals surface area contributed by atoms with Crippen molar-refractivity contribution in [3.63, 3.8) is 0 Å². The molecule has 0 saturated carbocycles. The van der Waals surface area contributed by atoms with E-state index in [1.165, 1.54) is 7.05 Å². The van der Waals surface area contributed by atoms with Crippen molar-refractivity contribution in [2.24, 2.45) is 0 Å². The fourth-order valence-corrected chi connectivity index (χ4v) is 1.23. The summed E-state index contributed by atoms with van der Waals surface area (Å²) in [7, 11) is 1.36. The van der Waals surface area contributed by atoms with E-state index in [0.717, 1.165) is 0 Å². The zero-order valence-corrected chi connectivity index (χ0v) is 6.86. The van der Waals surface area contributed by atoms with E-state index in [1.807, 2.05) is 0 Å². The minimum atomic E-state index is -2.75. The molecule has 1 amide bonds. The Morgan fingerprint density at radius 2 is 2.33 bits per heavy atom. The number of aromatic nitrogens is 2. The second-order valence-electron chi connectivity index (χ2n) is 1.87. The Morgan fingerprint density at radius 3 is 2.83 bits per heavy atom. The van der Waals surface area contributed by atoms with Gasteiger partial charge in [0.2, 0.25) is 0 Å². The van der Waals surface area contributed by atoms with E-state index in [9.17, 15) is 13.6 Å². The number of halogens is 2. The van der Waals surface area contributed by atoms with Crippen LogP contribution in [0.1, 0.15) is 21.8 Å². The zero-order chi connectivity index (χ0) is 9.14. The van der Waals surface area contributed by atoms with Crippen LogP contribution < -0.4 is 5.32 Å². The molecule has 0 saturated heterocycles. The first-order valence-corrected chi connectivity index (χ1v) is 3.76. The minimum Gasteiger partial charge on any atom is -0.354 e. The van der Waals surface area contributed by atoms with E-state index in [0.29, 0.717) is 11.5 Å². The van der Waals surface area contributed by atoms with E-state index < -0.39 is 18.0 Å². The smallest absolute Gasteiger partial charge is 0.283 e. The molecule has 7 heteroatoms. The van der Waals surface area contributed by atoms with Gasteiger partial charge in [-0.05, 0) is 11.5 Å². The molecule has 1 aromatic rings. The summed E-state index contributed by atoms with van der Waals surface area (Å²) in [5.74, 6) is -0.583. The molecule has 1 N–H and O–H groups in total. The largest absolute Gasteiger partial charge is 0.354 e. The number of alkyl halides is 2. The summed E-state index contributed by atoms with van der Waals surface area (Å²) >= 11 is 0.657. The average Bonchev–Trinajstić information content (AvgIpc) is 2.50. The molecule has 0 spiro atoms. The predicted octanol–water partition coefficient (Wildman–Crippen LogP) is 0.835. The molecule has 66 valence electrons. The lowest BCUT2D eigenvalue weighted by Gasteiger charge is -1.96. The average molecular weight is 193 g/mol. The second kappa shape index (κ2) is 3.53. The SMILES string of the molecule is CNC(=O)c1snnc1C(F)F. The molecule has 0 unspecified atom stereocenters. The van der Waals surface area contributed by atoms with Gasteiger partial charge in [-0.1, -0.05) is 4.49 Å². The van der Waals surface area contributed by atoms with Gasteiger partial charge in [0.15, 0.2) is 5.69 Å². The number of hydrogen-bond donors (Lipinski definition) is 1. The molecule has 0 fully saturated rings. The van der Waals surface area contributed by atoms with Gasteiger partial charge in [0, 0.05) is 7.05 Å². The van der Waals surface area contributed by atoms with Crippen molar-refractivity contribution in [2.75, 3.05) is 7.05 Å². The van der Waals surface area contributed by atoms with Crippen molar-refractivity contribution in [2.45, 2.75) is 6.43 Å². The van der Waals surface area contributed by atoms with Crippen LogP contribution >= 0.6 is 11.5 Å². The Hall–Kier alpha value is -1.11. The third-order valence-electron chi connectivity index (χ3n) is 1.15. The Bertz CT molecular complexity index is 288. The van der Waals surface area contributed by atoms with Gasteiger partial charge >= 0.3 is 0 Å². The first kappa shape index (κ1) is 8.98. The van der Waals surface area contributed by atoms with Crippen LogP contribution in [-0.2, 0) is 0 Å².